The molecule has 0 aliphatic carbocycles. The molecule has 0 aliphatic heterocycles. The lowest BCUT2D eigenvalue weighted by molar-refractivity contribution is 0.578. The molecule has 0 unspecified atom stereocenters. The monoisotopic (exact) mass is 243 g/mol. The van der Waals surface area contributed by atoms with Gasteiger partial charge in [0.05, 0.1) is 5.69 Å². The van der Waals surface area contributed by atoms with Gasteiger partial charge < -0.3 is 5.32 Å². The summed E-state index contributed by atoms with van der Waals surface area (Å²) in [5.41, 5.74) is 0.808. The highest BCUT2D eigenvalue weighted by Gasteiger charge is 2.07. The van der Waals surface area contributed by atoms with Crippen LogP contribution in [0, 0.1) is 0 Å². The van der Waals surface area contributed by atoms with Crippen molar-refractivity contribution in [2.24, 2.45) is 0 Å². The Kier molecular flexibility index (Phi) is 4.37. The maximum Gasteiger partial charge on any atom is 0.154 e. The first-order valence-corrected chi connectivity index (χ1v) is 7.15. The molecule has 16 heavy (non-hydrogen) atoms. The number of sulfone groups is 1. The van der Waals surface area contributed by atoms with Crippen LogP contribution in [0.3, 0.4) is 0 Å². The van der Waals surface area contributed by atoms with Gasteiger partial charge in [-0.3, -0.25) is 0 Å². The predicted octanol–water partition coefficient (Wildman–Crippen LogP) is 0.519. The molecule has 0 aliphatic rings. The van der Waals surface area contributed by atoms with E-state index in [4.69, 9.17) is 0 Å². The molecule has 1 heterocycles. The van der Waals surface area contributed by atoms with Gasteiger partial charge in [-0.2, -0.15) is 0 Å². The zero-order chi connectivity index (χ0) is 12.2. The third-order valence-electron chi connectivity index (χ3n) is 1.85. The minimum Gasteiger partial charge on any atom is -0.309 e. The summed E-state index contributed by atoms with van der Waals surface area (Å²) in [5.74, 6) is 0.244. The molecule has 1 aromatic rings. The van der Waals surface area contributed by atoms with Crippen LogP contribution in [0.2, 0.25) is 0 Å². The van der Waals surface area contributed by atoms with E-state index in [0.717, 1.165) is 5.69 Å². The summed E-state index contributed by atoms with van der Waals surface area (Å²) in [5, 5.41) is 3.21. The zero-order valence-electron chi connectivity index (χ0n) is 9.77. The molecule has 0 aromatic carbocycles. The number of aromatic nitrogens is 2. The van der Waals surface area contributed by atoms with Crippen LogP contribution in [0.5, 0.6) is 0 Å². The highest BCUT2D eigenvalue weighted by atomic mass is 32.2. The second-order valence-electron chi connectivity index (χ2n) is 4.07. The molecule has 90 valence electrons. The first-order chi connectivity index (χ1) is 7.37. The molecule has 0 radical (unpaired) electrons. The summed E-state index contributed by atoms with van der Waals surface area (Å²) in [6.45, 7) is 4.70. The van der Waals surface area contributed by atoms with Gasteiger partial charge in [0.25, 0.3) is 0 Å². The fraction of sp³-hybridized carbons (Fsp3) is 0.600. The minimum atomic E-state index is -3.07. The van der Waals surface area contributed by atoms with Crippen LogP contribution in [0.1, 0.15) is 25.4 Å². The van der Waals surface area contributed by atoms with Gasteiger partial charge >= 0.3 is 0 Å². The van der Waals surface area contributed by atoms with Gasteiger partial charge in [0.1, 0.15) is 11.6 Å². The minimum absolute atomic E-state index is 0.109. The Balaban J connectivity index is 2.71. The molecule has 0 spiro atoms. The van der Waals surface area contributed by atoms with E-state index in [0.29, 0.717) is 18.4 Å². The van der Waals surface area contributed by atoms with E-state index in [1.165, 1.54) is 6.26 Å². The molecule has 0 amide bonds. The smallest absolute Gasteiger partial charge is 0.154 e. The largest absolute Gasteiger partial charge is 0.309 e. The van der Waals surface area contributed by atoms with Gasteiger partial charge in [-0.05, 0) is 6.07 Å². The lowest BCUT2D eigenvalue weighted by Gasteiger charge is -2.07. The maximum absolute atomic E-state index is 11.1. The highest BCUT2D eigenvalue weighted by molar-refractivity contribution is 7.89. The van der Waals surface area contributed by atoms with Gasteiger partial charge in [-0.25, -0.2) is 18.4 Å². The van der Waals surface area contributed by atoms with Crippen LogP contribution in [-0.4, -0.2) is 30.7 Å². The fourth-order valence-electron chi connectivity index (χ4n) is 1.15. The molecule has 0 fully saturated rings. The normalized spacial score (nSPS) is 12.0. The van der Waals surface area contributed by atoms with E-state index in [9.17, 15) is 8.42 Å². The predicted molar refractivity (Wildman–Crippen MR) is 62.6 cm³/mol. The quantitative estimate of drug-likeness (QED) is 0.816. The summed E-state index contributed by atoms with van der Waals surface area (Å²) >= 11 is 0. The molecular formula is C10H17N3O2S. The molecule has 0 saturated carbocycles. The van der Waals surface area contributed by atoms with Crippen molar-refractivity contribution >= 4 is 9.84 Å². The molecule has 1 N–H and O–H groups in total. The summed E-state index contributed by atoms with van der Waals surface area (Å²) in [6, 6.07) is 2.15. The Morgan fingerprint density at radius 3 is 2.69 bits per heavy atom. The van der Waals surface area contributed by atoms with Crippen LogP contribution in [0.4, 0.5) is 0 Å². The van der Waals surface area contributed by atoms with E-state index >= 15 is 0 Å². The average Bonchev–Trinajstić information content (AvgIpc) is 2.12. The van der Waals surface area contributed by atoms with Crippen molar-refractivity contribution in [2.75, 3.05) is 6.26 Å². The van der Waals surface area contributed by atoms with Crippen molar-refractivity contribution in [3.8, 4) is 0 Å². The van der Waals surface area contributed by atoms with E-state index in [1.54, 1.807) is 12.3 Å². The third kappa shape index (κ3) is 5.18. The lowest BCUT2D eigenvalue weighted by atomic mass is 10.3. The molecule has 0 atom stereocenters. The zero-order valence-corrected chi connectivity index (χ0v) is 10.6. The maximum atomic E-state index is 11.1. The standard InChI is InChI=1S/C10H17N3O2S/c1-8(2)12-6-9-4-5-11-10(13-9)7-16(3,14)15/h4-5,8,12H,6-7H2,1-3H3. The van der Waals surface area contributed by atoms with Crippen molar-refractivity contribution in [1.29, 1.82) is 0 Å². The van der Waals surface area contributed by atoms with Crippen molar-refractivity contribution in [2.45, 2.75) is 32.2 Å². The molecule has 1 rings (SSSR count). The van der Waals surface area contributed by atoms with E-state index < -0.39 is 9.84 Å². The third-order valence-corrected chi connectivity index (χ3v) is 2.63. The number of hydrogen-bond acceptors (Lipinski definition) is 5. The molecular weight excluding hydrogens is 226 g/mol. The molecule has 0 saturated heterocycles. The molecule has 0 bridgehead atoms. The van der Waals surface area contributed by atoms with Gasteiger partial charge in [-0.1, -0.05) is 13.8 Å². The second-order valence-corrected chi connectivity index (χ2v) is 6.21. The number of rotatable bonds is 5. The molecule has 1 aromatic heterocycles. The highest BCUT2D eigenvalue weighted by Crippen LogP contribution is 2.00. The first-order valence-electron chi connectivity index (χ1n) is 5.09. The lowest BCUT2D eigenvalue weighted by Crippen LogP contribution is -2.22. The SMILES string of the molecule is CC(C)NCc1ccnc(CS(C)(=O)=O)n1. The van der Waals surface area contributed by atoms with Crippen LogP contribution in [0.25, 0.3) is 0 Å². The van der Waals surface area contributed by atoms with Gasteiger partial charge in [0.2, 0.25) is 0 Å². The Bertz CT molecular complexity index is 443. The van der Waals surface area contributed by atoms with E-state index in [-0.39, 0.29) is 5.75 Å². The topological polar surface area (TPSA) is 72.0 Å². The number of nitrogens with zero attached hydrogens (tertiary/aromatic N) is 2. The summed E-state index contributed by atoms with van der Waals surface area (Å²) in [7, 11) is -3.07. The fourth-order valence-corrected chi connectivity index (χ4v) is 1.76. The van der Waals surface area contributed by atoms with Crippen LogP contribution in [0.15, 0.2) is 12.3 Å². The summed E-state index contributed by atoms with van der Waals surface area (Å²) < 4.78 is 22.2. The second kappa shape index (κ2) is 5.36. The Labute approximate surface area is 96.2 Å². The Hall–Kier alpha value is -1.01. The van der Waals surface area contributed by atoms with Gasteiger partial charge in [-0.15, -0.1) is 0 Å². The van der Waals surface area contributed by atoms with Crippen molar-refractivity contribution in [1.82, 2.24) is 15.3 Å². The number of nitrogens with one attached hydrogen (secondary N) is 1. The first kappa shape index (κ1) is 13.1. The molecule has 5 nitrogen and oxygen atoms in total. The van der Waals surface area contributed by atoms with E-state index in [1.807, 2.05) is 13.8 Å². The summed E-state index contributed by atoms with van der Waals surface area (Å²) in [6.07, 6.45) is 2.76. The average molecular weight is 243 g/mol. The Morgan fingerprint density at radius 1 is 1.44 bits per heavy atom. The number of hydrogen-bond donors (Lipinski definition) is 1. The van der Waals surface area contributed by atoms with Crippen LogP contribution < -0.4 is 5.32 Å². The Morgan fingerprint density at radius 2 is 2.12 bits per heavy atom. The van der Waals surface area contributed by atoms with Gasteiger partial charge in [0, 0.05) is 25.0 Å². The van der Waals surface area contributed by atoms with E-state index in [2.05, 4.69) is 15.3 Å². The van der Waals surface area contributed by atoms with Gasteiger partial charge in [0.15, 0.2) is 9.84 Å². The van der Waals surface area contributed by atoms with Crippen molar-refractivity contribution in [3.63, 3.8) is 0 Å². The summed E-state index contributed by atoms with van der Waals surface area (Å²) in [4.78, 5) is 8.11. The van der Waals surface area contributed by atoms with Crippen molar-refractivity contribution in [3.05, 3.63) is 23.8 Å². The molecule has 6 heteroatoms. The van der Waals surface area contributed by atoms with Crippen LogP contribution >= 0.6 is 0 Å². The van der Waals surface area contributed by atoms with Crippen molar-refractivity contribution < 1.29 is 8.42 Å². The van der Waals surface area contributed by atoms with Crippen LogP contribution in [-0.2, 0) is 22.1 Å².